The molecule has 6 nitrogen and oxygen atoms in total. The number of rotatable bonds is 11. The molecule has 0 bridgehead atoms. The summed E-state index contributed by atoms with van der Waals surface area (Å²) in [5.41, 5.74) is 0. The van der Waals surface area contributed by atoms with E-state index < -0.39 is 18.4 Å². The summed E-state index contributed by atoms with van der Waals surface area (Å²) in [6.45, 7) is 13.3. The zero-order valence-electron chi connectivity index (χ0n) is 13.8. The first-order valence-corrected chi connectivity index (χ1v) is 11.7. The molecule has 0 aliphatic carbocycles. The molecule has 0 aliphatic heterocycles. The average molecular weight is 343 g/mol. The topological polar surface area (TPSA) is 82.1 Å². The quantitative estimate of drug-likeness (QED) is 0.352. The first kappa shape index (κ1) is 21.0. The largest absolute Gasteiger partial charge is 0.414 e. The number of hydrogen-bond acceptors (Lipinski definition) is 5. The van der Waals surface area contributed by atoms with Crippen LogP contribution in [0.1, 0.15) is 27.2 Å². The fourth-order valence-corrected chi connectivity index (χ4v) is 2.75. The van der Waals surface area contributed by atoms with Crippen molar-refractivity contribution in [2.75, 3.05) is 38.8 Å². The molecule has 0 rings (SSSR count). The van der Waals surface area contributed by atoms with Gasteiger partial charge in [0.1, 0.15) is 0 Å². The van der Waals surface area contributed by atoms with Gasteiger partial charge in [-0.25, -0.2) is 0 Å². The van der Waals surface area contributed by atoms with E-state index in [-0.39, 0.29) is 17.2 Å². The van der Waals surface area contributed by atoms with Crippen LogP contribution in [-0.2, 0) is 24.0 Å². The summed E-state index contributed by atoms with van der Waals surface area (Å²) in [6, 6.07) is 0. The maximum absolute atomic E-state index is 10.5. The Morgan fingerprint density at radius 2 is 1.43 bits per heavy atom. The first-order chi connectivity index (χ1) is 9.46. The monoisotopic (exact) mass is 342 g/mol. The Morgan fingerprint density at radius 1 is 0.952 bits per heavy atom. The molecule has 0 aromatic heterocycles. The third kappa shape index (κ3) is 11.3. The van der Waals surface area contributed by atoms with Crippen LogP contribution in [0.5, 0.6) is 0 Å². The Kier molecular flexibility index (Phi) is 9.22. The Labute approximate surface area is 130 Å². The third-order valence-electron chi connectivity index (χ3n) is 3.56. The first-order valence-electron chi connectivity index (χ1n) is 7.20. The summed E-state index contributed by atoms with van der Waals surface area (Å²) in [5, 5.41) is 0.198. The van der Waals surface area contributed by atoms with Gasteiger partial charge in [0.25, 0.3) is 10.1 Å². The van der Waals surface area contributed by atoms with Gasteiger partial charge in [0, 0.05) is 6.61 Å². The van der Waals surface area contributed by atoms with Gasteiger partial charge in [-0.05, 0) is 24.6 Å². The zero-order chi connectivity index (χ0) is 16.6. The molecule has 0 spiro atoms. The van der Waals surface area contributed by atoms with Crippen molar-refractivity contribution in [3.63, 3.8) is 0 Å². The highest BCUT2D eigenvalue weighted by Gasteiger charge is 2.36. The van der Waals surface area contributed by atoms with Crippen molar-refractivity contribution in [3.8, 4) is 0 Å². The van der Waals surface area contributed by atoms with E-state index in [9.17, 15) is 8.42 Å². The van der Waals surface area contributed by atoms with Crippen LogP contribution < -0.4 is 0 Å². The zero-order valence-corrected chi connectivity index (χ0v) is 15.7. The lowest BCUT2D eigenvalue weighted by atomic mass is 10.2. The standard InChI is InChI=1S/C13H30O6SSi/c1-13(2,3)21(4,5)19-11-10-18-9-8-17-7-6-12-20(14,15)16/h6-12H2,1-5H3,(H,14,15,16). The van der Waals surface area contributed by atoms with Gasteiger partial charge in [0.05, 0.1) is 32.2 Å². The van der Waals surface area contributed by atoms with E-state index in [4.69, 9.17) is 18.5 Å². The average Bonchev–Trinajstić information content (AvgIpc) is 2.28. The minimum atomic E-state index is -3.88. The maximum Gasteiger partial charge on any atom is 0.264 e. The lowest BCUT2D eigenvalue weighted by molar-refractivity contribution is 0.0349. The summed E-state index contributed by atoms with van der Waals surface area (Å²) >= 11 is 0. The summed E-state index contributed by atoms with van der Waals surface area (Å²) in [6.07, 6.45) is 0.285. The minimum absolute atomic E-state index is 0.198. The second-order valence-electron chi connectivity index (χ2n) is 6.47. The molecule has 21 heavy (non-hydrogen) atoms. The van der Waals surface area contributed by atoms with Crippen LogP contribution in [0.3, 0.4) is 0 Å². The van der Waals surface area contributed by atoms with E-state index in [0.717, 1.165) is 0 Å². The van der Waals surface area contributed by atoms with Gasteiger partial charge in [-0.3, -0.25) is 4.55 Å². The predicted molar refractivity (Wildman–Crippen MR) is 85.8 cm³/mol. The maximum atomic E-state index is 10.5. The van der Waals surface area contributed by atoms with Crippen LogP contribution in [0.2, 0.25) is 18.1 Å². The predicted octanol–water partition coefficient (Wildman–Crippen LogP) is 2.32. The molecule has 1 N–H and O–H groups in total. The summed E-state index contributed by atoms with van der Waals surface area (Å²) in [4.78, 5) is 0. The van der Waals surface area contributed by atoms with Crippen molar-refractivity contribution in [3.05, 3.63) is 0 Å². The third-order valence-corrected chi connectivity index (χ3v) is 8.90. The summed E-state index contributed by atoms with van der Waals surface area (Å²) < 4.78 is 46.0. The van der Waals surface area contributed by atoms with Gasteiger partial charge in [-0.15, -0.1) is 0 Å². The highest BCUT2D eigenvalue weighted by molar-refractivity contribution is 7.85. The summed E-state index contributed by atoms with van der Waals surface area (Å²) in [7, 11) is -5.58. The Morgan fingerprint density at radius 3 is 1.90 bits per heavy atom. The molecule has 0 heterocycles. The lowest BCUT2D eigenvalue weighted by Gasteiger charge is -2.36. The van der Waals surface area contributed by atoms with E-state index in [2.05, 4.69) is 33.9 Å². The van der Waals surface area contributed by atoms with Crippen molar-refractivity contribution >= 4 is 18.4 Å². The molecule has 8 heteroatoms. The Balaban J connectivity index is 3.46. The van der Waals surface area contributed by atoms with Crippen molar-refractivity contribution in [2.24, 2.45) is 0 Å². The Hall–Kier alpha value is 0.00688. The molecule has 0 aliphatic rings. The molecule has 0 amide bonds. The SMILES string of the molecule is CC(C)(C)[Si](C)(C)OCCOCCOCCCS(=O)(=O)O. The van der Waals surface area contributed by atoms with Crippen LogP contribution in [0, 0.1) is 0 Å². The van der Waals surface area contributed by atoms with Crippen molar-refractivity contribution in [1.82, 2.24) is 0 Å². The van der Waals surface area contributed by atoms with Gasteiger partial charge in [0.15, 0.2) is 8.32 Å². The van der Waals surface area contributed by atoms with Gasteiger partial charge in [0.2, 0.25) is 0 Å². The van der Waals surface area contributed by atoms with Gasteiger partial charge in [-0.2, -0.15) is 8.42 Å². The molecule has 0 saturated carbocycles. The van der Waals surface area contributed by atoms with Crippen molar-refractivity contribution in [2.45, 2.75) is 45.3 Å². The molecule has 0 unspecified atom stereocenters. The van der Waals surface area contributed by atoms with E-state index in [1.165, 1.54) is 0 Å². The fourth-order valence-electron chi connectivity index (χ4n) is 1.24. The van der Waals surface area contributed by atoms with Crippen molar-refractivity contribution < 1.29 is 26.9 Å². The molecule has 0 atom stereocenters. The molecular weight excluding hydrogens is 312 g/mol. The molecule has 0 aromatic rings. The second kappa shape index (κ2) is 9.21. The smallest absolute Gasteiger partial charge is 0.264 e. The molecule has 0 fully saturated rings. The van der Waals surface area contributed by atoms with Gasteiger partial charge < -0.3 is 13.9 Å². The Bertz CT molecular complexity index is 375. The van der Waals surface area contributed by atoms with Crippen LogP contribution in [-0.4, -0.2) is 60.1 Å². The molecular formula is C13H30O6SSi. The van der Waals surface area contributed by atoms with E-state index in [1.54, 1.807) is 0 Å². The molecule has 0 saturated heterocycles. The van der Waals surface area contributed by atoms with Gasteiger partial charge in [-0.1, -0.05) is 20.8 Å². The highest BCUT2D eigenvalue weighted by Crippen LogP contribution is 2.36. The van der Waals surface area contributed by atoms with Gasteiger partial charge >= 0.3 is 0 Å². The lowest BCUT2D eigenvalue weighted by Crippen LogP contribution is -2.41. The molecule has 0 radical (unpaired) electrons. The van der Waals surface area contributed by atoms with E-state index >= 15 is 0 Å². The van der Waals surface area contributed by atoms with Crippen LogP contribution in [0.15, 0.2) is 0 Å². The molecule has 0 aromatic carbocycles. The highest BCUT2D eigenvalue weighted by atomic mass is 32.2. The molecule has 128 valence electrons. The van der Waals surface area contributed by atoms with Crippen molar-refractivity contribution in [1.29, 1.82) is 0 Å². The fraction of sp³-hybridized carbons (Fsp3) is 1.00. The minimum Gasteiger partial charge on any atom is -0.414 e. The number of hydrogen-bond donors (Lipinski definition) is 1. The second-order valence-corrected chi connectivity index (χ2v) is 12.9. The van der Waals surface area contributed by atoms with Crippen LogP contribution in [0.4, 0.5) is 0 Å². The van der Waals surface area contributed by atoms with E-state index in [1.807, 2.05) is 0 Å². The number of ether oxygens (including phenoxy) is 2. The summed E-state index contributed by atoms with van der Waals surface area (Å²) in [5.74, 6) is -0.270. The van der Waals surface area contributed by atoms with Crippen LogP contribution >= 0.6 is 0 Å². The van der Waals surface area contributed by atoms with E-state index in [0.29, 0.717) is 33.0 Å². The normalized spacial score (nSPS) is 13.6. The van der Waals surface area contributed by atoms with Crippen LogP contribution in [0.25, 0.3) is 0 Å².